The summed E-state index contributed by atoms with van der Waals surface area (Å²) in [5.41, 5.74) is 9.43. The maximum atomic E-state index is 11.5. The maximum absolute atomic E-state index is 11.5. The van der Waals surface area contributed by atoms with E-state index in [0.29, 0.717) is 12.2 Å². The normalized spacial score (nSPS) is 11.8. The summed E-state index contributed by atoms with van der Waals surface area (Å²) in [5.74, 6) is 0. The number of aryl methyl sites for hydroxylation is 1. The Kier molecular flexibility index (Phi) is 3.36. The Hall–Kier alpha value is -1.22. The number of hydrogen-bond acceptors (Lipinski definition) is 2. The van der Waals surface area contributed by atoms with Gasteiger partial charge in [-0.1, -0.05) is 11.6 Å². The van der Waals surface area contributed by atoms with Gasteiger partial charge in [-0.05, 0) is 25.0 Å². The monoisotopic (exact) mass is 212 g/mol. The number of nitrogens with zero attached hydrogens (tertiary/aromatic N) is 1. The highest BCUT2D eigenvalue weighted by Gasteiger charge is 2.00. The molecule has 2 N–H and O–H groups in total. The molecule has 3 nitrogen and oxygen atoms in total. The van der Waals surface area contributed by atoms with Gasteiger partial charge in [-0.3, -0.25) is 4.79 Å². The molecule has 0 aliphatic heterocycles. The first-order valence-electron chi connectivity index (χ1n) is 4.27. The van der Waals surface area contributed by atoms with Crippen LogP contribution in [0.4, 0.5) is 5.69 Å². The van der Waals surface area contributed by atoms with Crippen molar-refractivity contribution in [2.45, 2.75) is 20.4 Å². The molecule has 76 valence electrons. The molecule has 1 aromatic heterocycles. The molecule has 0 aliphatic rings. The van der Waals surface area contributed by atoms with Crippen molar-refractivity contribution in [1.29, 1.82) is 0 Å². The lowest BCUT2D eigenvalue weighted by Crippen LogP contribution is -2.20. The van der Waals surface area contributed by atoms with Crippen LogP contribution in [-0.4, -0.2) is 4.57 Å². The topological polar surface area (TPSA) is 48.0 Å². The number of nitrogens with two attached hydrogens (primary N) is 1. The number of allylic oxidation sites excluding steroid dienone is 1. The van der Waals surface area contributed by atoms with E-state index in [1.54, 1.807) is 6.20 Å². The largest absolute Gasteiger partial charge is 0.397 e. The van der Waals surface area contributed by atoms with E-state index in [0.717, 1.165) is 11.1 Å². The van der Waals surface area contributed by atoms with Crippen LogP contribution in [0.25, 0.3) is 0 Å². The third kappa shape index (κ3) is 2.39. The van der Waals surface area contributed by atoms with Crippen molar-refractivity contribution < 1.29 is 0 Å². The van der Waals surface area contributed by atoms with Crippen LogP contribution < -0.4 is 11.3 Å². The Labute approximate surface area is 87.8 Å². The number of anilines is 1. The highest BCUT2D eigenvalue weighted by molar-refractivity contribution is 6.25. The van der Waals surface area contributed by atoms with Crippen molar-refractivity contribution in [1.82, 2.24) is 4.57 Å². The van der Waals surface area contributed by atoms with Crippen molar-refractivity contribution in [2.75, 3.05) is 5.73 Å². The number of nitrogen functional groups attached to an aromatic ring is 1. The fraction of sp³-hybridized carbons (Fsp3) is 0.300. The molecule has 0 amide bonds. The summed E-state index contributed by atoms with van der Waals surface area (Å²) >= 11 is 5.52. The molecule has 1 aromatic rings. The molecule has 0 radical (unpaired) electrons. The molecule has 0 saturated carbocycles. The van der Waals surface area contributed by atoms with Crippen LogP contribution in [0.15, 0.2) is 28.2 Å². The van der Waals surface area contributed by atoms with Gasteiger partial charge in [0.25, 0.3) is 5.56 Å². The molecular weight excluding hydrogens is 200 g/mol. The fourth-order valence-electron chi connectivity index (χ4n) is 1.11. The third-order valence-corrected chi connectivity index (χ3v) is 2.35. The number of aromatic nitrogens is 1. The first kappa shape index (κ1) is 10.9. The smallest absolute Gasteiger partial charge is 0.251 e. The van der Waals surface area contributed by atoms with E-state index in [1.807, 2.05) is 13.8 Å². The fourth-order valence-corrected chi connectivity index (χ4v) is 1.18. The summed E-state index contributed by atoms with van der Waals surface area (Å²) in [7, 11) is 0. The van der Waals surface area contributed by atoms with Crippen LogP contribution in [0.5, 0.6) is 0 Å². The zero-order valence-electron chi connectivity index (χ0n) is 8.25. The van der Waals surface area contributed by atoms with Crippen molar-refractivity contribution in [2.24, 2.45) is 0 Å². The van der Waals surface area contributed by atoms with Gasteiger partial charge in [0.15, 0.2) is 0 Å². The van der Waals surface area contributed by atoms with Gasteiger partial charge in [-0.15, -0.1) is 0 Å². The second-order valence-electron chi connectivity index (χ2n) is 3.33. The number of pyridine rings is 1. The summed E-state index contributed by atoms with van der Waals surface area (Å²) in [6.07, 6.45) is 1.64. The quantitative estimate of drug-likeness (QED) is 0.814. The standard InChI is InChI=1S/C10H13ClN2O/c1-7(4-11)5-13-6-9(12)8(2)3-10(13)14/h3-4,6H,5,12H2,1-2H3/b7-4-. The van der Waals surface area contributed by atoms with Crippen LogP contribution in [-0.2, 0) is 6.54 Å². The first-order chi connectivity index (χ1) is 6.54. The van der Waals surface area contributed by atoms with Crippen LogP contribution >= 0.6 is 11.6 Å². The molecule has 0 bridgehead atoms. The van der Waals surface area contributed by atoms with Gasteiger partial charge in [-0.25, -0.2) is 0 Å². The van der Waals surface area contributed by atoms with Crippen LogP contribution in [0.1, 0.15) is 12.5 Å². The summed E-state index contributed by atoms with van der Waals surface area (Å²) in [5, 5.41) is 0. The van der Waals surface area contributed by atoms with Gasteiger partial charge in [-0.2, -0.15) is 0 Å². The van der Waals surface area contributed by atoms with Crippen LogP contribution in [0.3, 0.4) is 0 Å². The van der Waals surface area contributed by atoms with E-state index in [-0.39, 0.29) is 5.56 Å². The van der Waals surface area contributed by atoms with Crippen molar-refractivity contribution in [3.05, 3.63) is 39.3 Å². The Balaban J connectivity index is 3.11. The van der Waals surface area contributed by atoms with Gasteiger partial charge >= 0.3 is 0 Å². The van der Waals surface area contributed by atoms with E-state index < -0.39 is 0 Å². The Bertz CT molecular complexity index is 421. The minimum Gasteiger partial charge on any atom is -0.397 e. The average molecular weight is 213 g/mol. The van der Waals surface area contributed by atoms with E-state index >= 15 is 0 Å². The lowest BCUT2D eigenvalue weighted by Gasteiger charge is -2.07. The number of hydrogen-bond donors (Lipinski definition) is 1. The van der Waals surface area contributed by atoms with Gasteiger partial charge in [0, 0.05) is 24.3 Å². The Morgan fingerprint density at radius 2 is 2.36 bits per heavy atom. The molecule has 0 fully saturated rings. The third-order valence-electron chi connectivity index (χ3n) is 1.98. The minimum atomic E-state index is -0.0606. The molecule has 0 atom stereocenters. The molecule has 1 heterocycles. The van der Waals surface area contributed by atoms with E-state index in [2.05, 4.69) is 0 Å². The summed E-state index contributed by atoms with van der Waals surface area (Å²) in [4.78, 5) is 11.5. The van der Waals surface area contributed by atoms with Crippen LogP contribution in [0, 0.1) is 6.92 Å². The van der Waals surface area contributed by atoms with Gasteiger partial charge in [0.2, 0.25) is 0 Å². The van der Waals surface area contributed by atoms with Crippen molar-refractivity contribution in [3.8, 4) is 0 Å². The molecule has 0 unspecified atom stereocenters. The SMILES string of the molecule is C/C(=C/Cl)Cn1cc(N)c(C)cc1=O. The Morgan fingerprint density at radius 1 is 1.71 bits per heavy atom. The predicted octanol–water partition coefficient (Wildman–Crippen LogP) is 1.88. The van der Waals surface area contributed by atoms with Crippen LogP contribution in [0.2, 0.25) is 0 Å². The van der Waals surface area contributed by atoms with Gasteiger partial charge in [0.05, 0.1) is 5.69 Å². The molecular formula is C10H13ClN2O. The summed E-state index contributed by atoms with van der Waals surface area (Å²) in [6.45, 7) is 4.15. The molecule has 0 spiro atoms. The zero-order chi connectivity index (χ0) is 10.7. The van der Waals surface area contributed by atoms with E-state index in [9.17, 15) is 4.79 Å². The highest BCUT2D eigenvalue weighted by Crippen LogP contribution is 2.07. The lowest BCUT2D eigenvalue weighted by molar-refractivity contribution is 0.748. The highest BCUT2D eigenvalue weighted by atomic mass is 35.5. The molecule has 0 aliphatic carbocycles. The summed E-state index contributed by atoms with van der Waals surface area (Å²) in [6, 6.07) is 1.52. The molecule has 0 aromatic carbocycles. The number of rotatable bonds is 2. The second kappa shape index (κ2) is 4.33. The van der Waals surface area contributed by atoms with E-state index in [4.69, 9.17) is 17.3 Å². The molecule has 14 heavy (non-hydrogen) atoms. The molecule has 1 rings (SSSR count). The first-order valence-corrected chi connectivity index (χ1v) is 4.70. The Morgan fingerprint density at radius 3 is 2.93 bits per heavy atom. The molecule has 0 saturated heterocycles. The van der Waals surface area contributed by atoms with E-state index in [1.165, 1.54) is 16.2 Å². The second-order valence-corrected chi connectivity index (χ2v) is 3.55. The summed E-state index contributed by atoms with van der Waals surface area (Å²) < 4.78 is 1.54. The lowest BCUT2D eigenvalue weighted by atomic mass is 10.2. The minimum absolute atomic E-state index is 0.0606. The molecule has 4 heteroatoms. The predicted molar refractivity (Wildman–Crippen MR) is 59.5 cm³/mol. The average Bonchev–Trinajstić information content (AvgIpc) is 2.14. The number of halogens is 1. The van der Waals surface area contributed by atoms with Gasteiger partial charge in [0.1, 0.15) is 0 Å². The maximum Gasteiger partial charge on any atom is 0.251 e. The zero-order valence-corrected chi connectivity index (χ0v) is 9.01. The van der Waals surface area contributed by atoms with Crippen molar-refractivity contribution >= 4 is 17.3 Å². The van der Waals surface area contributed by atoms with Crippen molar-refractivity contribution in [3.63, 3.8) is 0 Å². The van der Waals surface area contributed by atoms with Gasteiger partial charge < -0.3 is 10.3 Å².